The van der Waals surface area contributed by atoms with Crippen LogP contribution < -0.4 is 10.5 Å². The summed E-state index contributed by atoms with van der Waals surface area (Å²) >= 11 is 0. The van der Waals surface area contributed by atoms with Crippen LogP contribution in [0.15, 0.2) is 24.3 Å². The molecule has 1 rings (SSSR count). The summed E-state index contributed by atoms with van der Waals surface area (Å²) in [6, 6.07) is 7.26. The number of esters is 1. The number of ether oxygens (including phenoxy) is 3. The van der Waals surface area contributed by atoms with Crippen molar-refractivity contribution in [3.8, 4) is 5.75 Å². The van der Waals surface area contributed by atoms with Crippen LogP contribution in [-0.4, -0.2) is 26.0 Å². The van der Waals surface area contributed by atoms with Gasteiger partial charge in [0, 0.05) is 20.1 Å². The average molecular weight is 267 g/mol. The van der Waals surface area contributed by atoms with Gasteiger partial charge in [-0.3, -0.25) is 0 Å². The van der Waals surface area contributed by atoms with Crippen LogP contribution in [-0.2, 0) is 20.8 Å². The maximum absolute atomic E-state index is 11.5. The Kier molecular flexibility index (Phi) is 6.92. The van der Waals surface area contributed by atoms with Crippen molar-refractivity contribution >= 4 is 5.97 Å². The van der Waals surface area contributed by atoms with E-state index in [4.69, 9.17) is 19.9 Å². The first kappa shape index (κ1) is 15.5. The molecule has 1 aromatic carbocycles. The summed E-state index contributed by atoms with van der Waals surface area (Å²) in [7, 11) is 1.51. The third-order valence-electron chi connectivity index (χ3n) is 2.57. The van der Waals surface area contributed by atoms with Crippen LogP contribution in [0.1, 0.15) is 25.3 Å². The van der Waals surface area contributed by atoms with Crippen LogP contribution in [0.25, 0.3) is 0 Å². The minimum atomic E-state index is -0.499. The molecule has 0 aliphatic heterocycles. The highest BCUT2D eigenvalue weighted by Gasteiger charge is 2.12. The lowest BCUT2D eigenvalue weighted by Gasteiger charge is -2.15. The highest BCUT2D eigenvalue weighted by atomic mass is 16.7. The number of carbonyl (C=O) groups is 1. The molecule has 5 heteroatoms. The third kappa shape index (κ3) is 5.72. The van der Waals surface area contributed by atoms with E-state index in [-0.39, 0.29) is 6.61 Å². The molecule has 2 N–H and O–H groups in total. The van der Waals surface area contributed by atoms with E-state index in [1.165, 1.54) is 7.11 Å². The zero-order valence-electron chi connectivity index (χ0n) is 11.4. The van der Waals surface area contributed by atoms with E-state index < -0.39 is 12.3 Å². The smallest absolute Gasteiger partial charge is 0.346 e. The summed E-state index contributed by atoms with van der Waals surface area (Å²) in [5.41, 5.74) is 6.50. The van der Waals surface area contributed by atoms with Gasteiger partial charge in [-0.25, -0.2) is 4.79 Å². The second-order valence-corrected chi connectivity index (χ2v) is 4.08. The van der Waals surface area contributed by atoms with E-state index in [9.17, 15) is 4.79 Å². The van der Waals surface area contributed by atoms with Crippen LogP contribution in [0.3, 0.4) is 0 Å². The first-order valence-electron chi connectivity index (χ1n) is 6.33. The zero-order chi connectivity index (χ0) is 14.1. The predicted molar refractivity (Wildman–Crippen MR) is 71.6 cm³/mol. The van der Waals surface area contributed by atoms with Gasteiger partial charge in [-0.1, -0.05) is 25.5 Å². The van der Waals surface area contributed by atoms with E-state index in [1.807, 2.05) is 19.1 Å². The van der Waals surface area contributed by atoms with Gasteiger partial charge in [0.25, 0.3) is 0 Å². The standard InChI is InChI=1S/C14H21NO4/c1-3-4-14(17-2)19-13(16)10-18-12-7-5-11(9-15)6-8-12/h5-8,14H,3-4,9-10,15H2,1-2H3. The van der Waals surface area contributed by atoms with E-state index in [1.54, 1.807) is 12.1 Å². The first-order chi connectivity index (χ1) is 9.19. The monoisotopic (exact) mass is 267 g/mol. The minimum Gasteiger partial charge on any atom is -0.482 e. The van der Waals surface area contributed by atoms with Gasteiger partial charge < -0.3 is 19.9 Å². The van der Waals surface area contributed by atoms with Gasteiger partial charge in [0.1, 0.15) is 5.75 Å². The van der Waals surface area contributed by atoms with Crippen molar-refractivity contribution in [2.75, 3.05) is 13.7 Å². The number of hydrogen-bond acceptors (Lipinski definition) is 5. The van der Waals surface area contributed by atoms with E-state index in [0.29, 0.717) is 18.7 Å². The van der Waals surface area contributed by atoms with Crippen molar-refractivity contribution in [1.82, 2.24) is 0 Å². The molecular weight excluding hydrogens is 246 g/mol. The Bertz CT molecular complexity index is 378. The van der Waals surface area contributed by atoms with E-state index in [0.717, 1.165) is 12.0 Å². The number of rotatable bonds is 8. The molecule has 0 heterocycles. The molecule has 1 unspecified atom stereocenters. The molecule has 0 aromatic heterocycles. The molecule has 106 valence electrons. The number of methoxy groups -OCH3 is 1. The largest absolute Gasteiger partial charge is 0.482 e. The maximum atomic E-state index is 11.5. The summed E-state index contributed by atoms with van der Waals surface area (Å²) < 4.78 is 15.5. The maximum Gasteiger partial charge on any atom is 0.346 e. The van der Waals surface area contributed by atoms with Crippen molar-refractivity contribution in [1.29, 1.82) is 0 Å². The molecule has 0 spiro atoms. The van der Waals surface area contributed by atoms with Crippen LogP contribution in [0.2, 0.25) is 0 Å². The lowest BCUT2D eigenvalue weighted by atomic mass is 10.2. The van der Waals surface area contributed by atoms with Crippen molar-refractivity contribution in [3.05, 3.63) is 29.8 Å². The molecule has 1 atom stereocenters. The van der Waals surface area contributed by atoms with Gasteiger partial charge in [0.2, 0.25) is 6.29 Å². The van der Waals surface area contributed by atoms with Gasteiger partial charge in [-0.2, -0.15) is 0 Å². The lowest BCUT2D eigenvalue weighted by Crippen LogP contribution is -2.24. The fourth-order valence-electron chi connectivity index (χ4n) is 1.51. The zero-order valence-corrected chi connectivity index (χ0v) is 11.4. The van der Waals surface area contributed by atoms with Crippen molar-refractivity contribution < 1.29 is 19.0 Å². The third-order valence-corrected chi connectivity index (χ3v) is 2.57. The summed E-state index contributed by atoms with van der Waals surface area (Å²) in [6.07, 6.45) is 1.06. The second-order valence-electron chi connectivity index (χ2n) is 4.08. The minimum absolute atomic E-state index is 0.133. The molecule has 1 aromatic rings. The SMILES string of the molecule is CCCC(OC)OC(=O)COc1ccc(CN)cc1. The number of benzene rings is 1. The number of nitrogens with two attached hydrogens (primary N) is 1. The van der Waals surface area contributed by atoms with Gasteiger partial charge in [0.15, 0.2) is 6.61 Å². The van der Waals surface area contributed by atoms with E-state index in [2.05, 4.69) is 0 Å². The molecule has 0 bridgehead atoms. The molecule has 0 saturated heterocycles. The molecule has 0 fully saturated rings. The Morgan fingerprint density at radius 1 is 1.32 bits per heavy atom. The van der Waals surface area contributed by atoms with Gasteiger partial charge in [-0.05, 0) is 17.7 Å². The summed E-state index contributed by atoms with van der Waals surface area (Å²) in [6.45, 7) is 2.34. The summed E-state index contributed by atoms with van der Waals surface area (Å²) in [4.78, 5) is 11.5. The quantitative estimate of drug-likeness (QED) is 0.575. The molecular formula is C14H21NO4. The lowest BCUT2D eigenvalue weighted by molar-refractivity contribution is -0.176. The summed E-state index contributed by atoms with van der Waals surface area (Å²) in [5, 5.41) is 0. The molecule has 0 aliphatic rings. The Morgan fingerprint density at radius 2 is 2.00 bits per heavy atom. The van der Waals surface area contributed by atoms with Crippen LogP contribution in [0.5, 0.6) is 5.75 Å². The predicted octanol–water partition coefficient (Wildman–Crippen LogP) is 1.84. The highest BCUT2D eigenvalue weighted by molar-refractivity contribution is 5.71. The molecule has 0 saturated carbocycles. The average Bonchev–Trinajstić information content (AvgIpc) is 2.45. The Morgan fingerprint density at radius 3 is 2.53 bits per heavy atom. The molecule has 5 nitrogen and oxygen atoms in total. The topological polar surface area (TPSA) is 70.8 Å². The highest BCUT2D eigenvalue weighted by Crippen LogP contribution is 2.12. The Balaban J connectivity index is 2.36. The van der Waals surface area contributed by atoms with Crippen molar-refractivity contribution in [2.24, 2.45) is 5.73 Å². The van der Waals surface area contributed by atoms with Gasteiger partial charge in [0.05, 0.1) is 0 Å². The number of hydrogen-bond donors (Lipinski definition) is 1. The fourth-order valence-corrected chi connectivity index (χ4v) is 1.51. The number of carbonyl (C=O) groups excluding carboxylic acids is 1. The van der Waals surface area contributed by atoms with Crippen LogP contribution in [0.4, 0.5) is 0 Å². The molecule has 0 radical (unpaired) electrons. The van der Waals surface area contributed by atoms with Gasteiger partial charge >= 0.3 is 5.97 Å². The fraction of sp³-hybridized carbons (Fsp3) is 0.500. The second kappa shape index (κ2) is 8.50. The molecule has 19 heavy (non-hydrogen) atoms. The summed E-state index contributed by atoms with van der Waals surface area (Å²) in [5.74, 6) is 0.168. The van der Waals surface area contributed by atoms with Crippen LogP contribution >= 0.6 is 0 Å². The Hall–Kier alpha value is -1.59. The first-order valence-corrected chi connectivity index (χ1v) is 6.33. The van der Waals surface area contributed by atoms with Crippen molar-refractivity contribution in [2.45, 2.75) is 32.6 Å². The normalized spacial score (nSPS) is 11.9. The van der Waals surface area contributed by atoms with Crippen molar-refractivity contribution in [3.63, 3.8) is 0 Å². The van der Waals surface area contributed by atoms with Gasteiger partial charge in [-0.15, -0.1) is 0 Å². The Labute approximate surface area is 113 Å². The van der Waals surface area contributed by atoms with E-state index >= 15 is 0 Å². The van der Waals surface area contributed by atoms with Crippen LogP contribution in [0, 0.1) is 0 Å². The molecule has 0 aliphatic carbocycles. The molecule has 0 amide bonds.